The van der Waals surface area contributed by atoms with E-state index in [-0.39, 0.29) is 0 Å². The van der Waals surface area contributed by atoms with Crippen LogP contribution < -0.4 is 9.47 Å². The minimum absolute atomic E-state index is 0.930. The molecule has 0 amide bonds. The van der Waals surface area contributed by atoms with Crippen LogP contribution in [0.4, 0.5) is 17.1 Å². The zero-order valence-electron chi connectivity index (χ0n) is 28.3. The number of rotatable bonds is 6. The van der Waals surface area contributed by atoms with Crippen molar-refractivity contribution in [2.75, 3.05) is 4.90 Å². The van der Waals surface area contributed by atoms with E-state index in [2.05, 4.69) is 208 Å². The van der Waals surface area contributed by atoms with Crippen LogP contribution in [-0.2, 0) is 0 Å². The van der Waals surface area contributed by atoms with E-state index in [9.17, 15) is 0 Å². The molecule has 0 saturated heterocycles. The maximum Gasteiger partial charge on any atom is 0.239 e. The molecule has 244 valence electrons. The lowest BCUT2D eigenvalue weighted by Crippen LogP contribution is -2.32. The first-order chi connectivity index (χ1) is 25.8. The highest BCUT2D eigenvalue weighted by molar-refractivity contribution is 6.21. The molecule has 0 fully saturated rings. The summed E-state index contributed by atoms with van der Waals surface area (Å²) in [6.07, 6.45) is 2.16. The number of nitrogens with zero attached hydrogens (tertiary/aromatic N) is 4. The van der Waals surface area contributed by atoms with E-state index in [1.165, 1.54) is 21.5 Å². The highest BCUT2D eigenvalue weighted by atomic mass is 15.1. The molecule has 0 radical (unpaired) electrons. The first-order valence-corrected chi connectivity index (χ1v) is 17.6. The Kier molecular flexibility index (Phi) is 7.10. The van der Waals surface area contributed by atoms with Gasteiger partial charge in [-0.25, -0.2) is 4.98 Å². The van der Waals surface area contributed by atoms with Gasteiger partial charge in [0.25, 0.3) is 0 Å². The summed E-state index contributed by atoms with van der Waals surface area (Å²) in [7, 11) is 0. The SMILES string of the molecule is c1ccc(-c2c[n+](-c3ccccc3)c3cc(-n4c5cc(N(c6ccccc6)c6ccccc6)ccc5c5c6ccccc6ccc54)ccc3n2)cc1. The van der Waals surface area contributed by atoms with Crippen LogP contribution in [0.1, 0.15) is 0 Å². The van der Waals surface area contributed by atoms with Gasteiger partial charge >= 0.3 is 0 Å². The number of hydrogen-bond acceptors (Lipinski definition) is 2. The van der Waals surface area contributed by atoms with Crippen LogP contribution in [0.15, 0.2) is 200 Å². The maximum absolute atomic E-state index is 5.19. The van der Waals surface area contributed by atoms with E-state index in [0.717, 1.165) is 61.8 Å². The minimum Gasteiger partial charge on any atom is -0.310 e. The van der Waals surface area contributed by atoms with Gasteiger partial charge in [0.2, 0.25) is 17.4 Å². The average Bonchev–Trinajstić information content (AvgIpc) is 3.56. The molecule has 8 aromatic carbocycles. The number of benzene rings is 8. The van der Waals surface area contributed by atoms with Gasteiger partial charge in [-0.3, -0.25) is 0 Å². The summed E-state index contributed by atoms with van der Waals surface area (Å²) in [5.74, 6) is 0. The normalized spacial score (nSPS) is 11.5. The third-order valence-electron chi connectivity index (χ3n) is 10.00. The molecule has 10 aromatic rings. The van der Waals surface area contributed by atoms with Crippen molar-refractivity contribution in [3.8, 4) is 22.6 Å². The predicted octanol–water partition coefficient (Wildman–Crippen LogP) is 11.9. The Morgan fingerprint density at radius 2 is 1.13 bits per heavy atom. The largest absolute Gasteiger partial charge is 0.310 e. The lowest BCUT2D eigenvalue weighted by atomic mass is 10.0. The van der Waals surface area contributed by atoms with Crippen LogP contribution in [0, 0.1) is 0 Å². The fraction of sp³-hybridized carbons (Fsp3) is 0. The van der Waals surface area contributed by atoms with Gasteiger partial charge < -0.3 is 9.47 Å². The Morgan fingerprint density at radius 3 is 1.87 bits per heavy atom. The van der Waals surface area contributed by atoms with Crippen molar-refractivity contribution >= 4 is 60.7 Å². The van der Waals surface area contributed by atoms with Crippen LogP contribution in [0.3, 0.4) is 0 Å². The molecular formula is C48H33N4+. The van der Waals surface area contributed by atoms with Gasteiger partial charge in [0.05, 0.1) is 16.7 Å². The summed E-state index contributed by atoms with van der Waals surface area (Å²) in [4.78, 5) is 7.52. The zero-order valence-corrected chi connectivity index (χ0v) is 28.3. The van der Waals surface area contributed by atoms with E-state index >= 15 is 0 Å². The smallest absolute Gasteiger partial charge is 0.239 e. The lowest BCUT2D eigenvalue weighted by Gasteiger charge is -2.25. The molecule has 10 rings (SSSR count). The Hall–Kier alpha value is -7.04. The molecule has 0 spiro atoms. The topological polar surface area (TPSA) is 24.9 Å². The maximum atomic E-state index is 5.19. The molecule has 0 unspecified atom stereocenters. The first kappa shape index (κ1) is 29.8. The molecular weight excluding hydrogens is 633 g/mol. The molecule has 52 heavy (non-hydrogen) atoms. The van der Waals surface area contributed by atoms with Crippen molar-refractivity contribution in [2.45, 2.75) is 0 Å². The van der Waals surface area contributed by atoms with E-state index < -0.39 is 0 Å². The standard InChI is InChI=1S/C48H33N4/c1-5-16-35(17-6-1)44-33-50(36-18-7-2-8-19-36)47-32-40(27-29-43(47)49-44)52-45-30-25-34-15-13-14-24-41(34)48(45)42-28-26-39(31-46(42)52)51(37-20-9-3-10-21-37)38-22-11-4-12-23-38/h1-33H/q+1. The number of fused-ring (bicyclic) bond motifs is 6. The highest BCUT2D eigenvalue weighted by Crippen LogP contribution is 2.41. The summed E-state index contributed by atoms with van der Waals surface area (Å²) in [6, 6.07) is 68.9. The summed E-state index contributed by atoms with van der Waals surface area (Å²) >= 11 is 0. The molecule has 2 heterocycles. The molecule has 2 aromatic heterocycles. The van der Waals surface area contributed by atoms with Crippen LogP contribution >= 0.6 is 0 Å². The molecule has 0 saturated carbocycles. The second-order valence-corrected chi connectivity index (χ2v) is 13.1. The van der Waals surface area contributed by atoms with Gasteiger partial charge in [-0.2, -0.15) is 4.57 Å². The van der Waals surface area contributed by atoms with Crippen LogP contribution in [-0.4, -0.2) is 9.55 Å². The van der Waals surface area contributed by atoms with Crippen molar-refractivity contribution in [1.82, 2.24) is 9.55 Å². The number of aromatic nitrogens is 3. The predicted molar refractivity (Wildman–Crippen MR) is 215 cm³/mol. The fourth-order valence-electron chi connectivity index (χ4n) is 7.63. The van der Waals surface area contributed by atoms with Gasteiger partial charge in [0, 0.05) is 51.6 Å². The van der Waals surface area contributed by atoms with Gasteiger partial charge in [-0.1, -0.05) is 121 Å². The first-order valence-electron chi connectivity index (χ1n) is 17.6. The van der Waals surface area contributed by atoms with Crippen molar-refractivity contribution in [2.24, 2.45) is 0 Å². The molecule has 0 aliphatic carbocycles. The average molecular weight is 666 g/mol. The van der Waals surface area contributed by atoms with E-state index in [1.54, 1.807) is 0 Å². The van der Waals surface area contributed by atoms with Crippen molar-refractivity contribution in [3.63, 3.8) is 0 Å². The third kappa shape index (κ3) is 5.00. The Balaban J connectivity index is 1.26. The lowest BCUT2D eigenvalue weighted by molar-refractivity contribution is -0.567. The molecule has 0 bridgehead atoms. The molecule has 0 N–H and O–H groups in total. The van der Waals surface area contributed by atoms with E-state index in [4.69, 9.17) is 4.98 Å². The number of hydrogen-bond donors (Lipinski definition) is 0. The molecule has 4 heteroatoms. The Labute approximate surface area is 301 Å². The van der Waals surface area contributed by atoms with Crippen molar-refractivity contribution in [3.05, 3.63) is 200 Å². The molecule has 0 aliphatic heterocycles. The quantitative estimate of drug-likeness (QED) is 0.165. The monoisotopic (exact) mass is 665 g/mol. The Morgan fingerprint density at radius 1 is 0.481 bits per heavy atom. The number of para-hydroxylation sites is 3. The van der Waals surface area contributed by atoms with Gasteiger partial charge in [-0.15, -0.1) is 0 Å². The van der Waals surface area contributed by atoms with Gasteiger partial charge in [-0.05, 0) is 65.4 Å². The minimum atomic E-state index is 0.930. The van der Waals surface area contributed by atoms with Gasteiger partial charge in [0.1, 0.15) is 11.2 Å². The summed E-state index contributed by atoms with van der Waals surface area (Å²) in [5, 5.41) is 4.93. The van der Waals surface area contributed by atoms with Crippen LogP contribution in [0.25, 0.3) is 66.2 Å². The van der Waals surface area contributed by atoms with E-state index in [1.807, 2.05) is 6.07 Å². The van der Waals surface area contributed by atoms with Crippen molar-refractivity contribution in [1.29, 1.82) is 0 Å². The van der Waals surface area contributed by atoms with Crippen LogP contribution in [0.5, 0.6) is 0 Å². The molecule has 0 aliphatic rings. The summed E-state index contributed by atoms with van der Waals surface area (Å²) < 4.78 is 4.70. The molecule has 0 atom stereocenters. The second kappa shape index (κ2) is 12.4. The third-order valence-corrected chi connectivity index (χ3v) is 10.00. The van der Waals surface area contributed by atoms with Gasteiger partial charge in [0.15, 0.2) is 0 Å². The van der Waals surface area contributed by atoms with E-state index in [0.29, 0.717) is 0 Å². The zero-order chi connectivity index (χ0) is 34.4. The van der Waals surface area contributed by atoms with Crippen LogP contribution in [0.2, 0.25) is 0 Å². The summed E-state index contributed by atoms with van der Waals surface area (Å²) in [6.45, 7) is 0. The molecule has 4 nitrogen and oxygen atoms in total. The Bertz CT molecular complexity index is 2840. The fourth-order valence-corrected chi connectivity index (χ4v) is 7.63. The number of anilines is 3. The second-order valence-electron chi connectivity index (χ2n) is 13.1. The van der Waals surface area contributed by atoms with Crippen molar-refractivity contribution < 1.29 is 4.57 Å². The highest BCUT2D eigenvalue weighted by Gasteiger charge is 2.22. The summed E-state index contributed by atoms with van der Waals surface area (Å²) in [5.41, 5.74) is 11.7.